The van der Waals surface area contributed by atoms with Gasteiger partial charge in [0.15, 0.2) is 0 Å². The molecule has 0 heterocycles. The first-order valence-corrected chi connectivity index (χ1v) is 23.7. The van der Waals surface area contributed by atoms with E-state index < -0.39 is 0 Å². The van der Waals surface area contributed by atoms with Gasteiger partial charge in [0.1, 0.15) is 5.82 Å². The highest BCUT2D eigenvalue weighted by molar-refractivity contribution is 5.22. The molecule has 1 heteroatoms. The summed E-state index contributed by atoms with van der Waals surface area (Å²) in [5.74, 6) is 8.04. The van der Waals surface area contributed by atoms with Crippen LogP contribution < -0.4 is 0 Å². The minimum absolute atomic E-state index is 0. The van der Waals surface area contributed by atoms with E-state index in [2.05, 4.69) is 132 Å². The summed E-state index contributed by atoms with van der Waals surface area (Å²) < 4.78 is 12.6. The largest absolute Gasteiger partial charge is 0.207 e. The zero-order chi connectivity index (χ0) is 42.8. The lowest BCUT2D eigenvalue weighted by molar-refractivity contribution is 0.308. The number of hydrogen-bond donors (Lipinski definition) is 0. The van der Waals surface area contributed by atoms with Gasteiger partial charge in [-0.2, -0.15) is 0 Å². The smallest absolute Gasteiger partial charge is 0.126 e. The third-order valence-electron chi connectivity index (χ3n) is 13.0. The van der Waals surface area contributed by atoms with Crippen LogP contribution in [0.15, 0.2) is 66.7 Å². The number of halogens is 1. The molecule has 7 rings (SSSR count). The molecular weight excluding hydrogens is 692 g/mol. The summed E-state index contributed by atoms with van der Waals surface area (Å²) >= 11 is 0. The molecule has 4 aliphatic rings. The Morgan fingerprint density at radius 2 is 0.474 bits per heavy atom. The molecule has 0 radical (unpaired) electrons. The first-order valence-electron chi connectivity index (χ1n) is 23.7. The van der Waals surface area contributed by atoms with Crippen LogP contribution in [0.4, 0.5) is 4.39 Å². The lowest BCUT2D eigenvalue weighted by Gasteiger charge is -2.22. The van der Waals surface area contributed by atoms with Gasteiger partial charge in [-0.25, -0.2) is 4.39 Å². The van der Waals surface area contributed by atoms with Crippen molar-refractivity contribution in [3.63, 3.8) is 0 Å². The lowest BCUT2D eigenvalue weighted by Crippen LogP contribution is -2.08. The van der Waals surface area contributed by atoms with E-state index in [1.165, 1.54) is 131 Å². The van der Waals surface area contributed by atoms with Crippen LogP contribution in [0.3, 0.4) is 0 Å². The quantitative estimate of drug-likeness (QED) is 0.213. The van der Waals surface area contributed by atoms with E-state index in [1.807, 2.05) is 13.0 Å². The van der Waals surface area contributed by atoms with Gasteiger partial charge >= 0.3 is 0 Å². The van der Waals surface area contributed by atoms with Gasteiger partial charge in [0.2, 0.25) is 0 Å². The molecule has 0 nitrogen and oxygen atoms in total. The second-order valence-electron chi connectivity index (χ2n) is 20.0. The van der Waals surface area contributed by atoms with Crippen LogP contribution in [0, 0.1) is 94.7 Å². The van der Waals surface area contributed by atoms with E-state index in [1.54, 1.807) is 13.0 Å². The molecule has 4 aliphatic carbocycles. The monoisotopic (exact) mass is 792 g/mol. The first kappa shape index (κ1) is 52.6. The molecule has 0 bridgehead atoms. The molecule has 0 saturated heterocycles. The van der Waals surface area contributed by atoms with Gasteiger partial charge in [-0.15, -0.1) is 0 Å². The molecule has 0 amide bonds. The Morgan fingerprint density at radius 3 is 0.614 bits per heavy atom. The van der Waals surface area contributed by atoms with Gasteiger partial charge in [0.25, 0.3) is 0 Å². The fraction of sp³-hybridized carbons (Fsp3) is 0.679. The van der Waals surface area contributed by atoms with E-state index >= 15 is 0 Å². The molecule has 0 atom stereocenters. The number of hydrogen-bond acceptors (Lipinski definition) is 0. The SMILES string of the molecule is CC1CCC(C)CC1.CC1CCC(C)CC1.CC1CCC(C)CC1.CC1CCC(C)CC1.Cc1ccc(C)c(F)c1.Cc1ccc(C)cc1.Cc1ccc(C)cc1.[2HH].[HH].[HH]. The fourth-order valence-corrected chi connectivity index (χ4v) is 7.68. The van der Waals surface area contributed by atoms with Gasteiger partial charge < -0.3 is 0 Å². The Kier molecular flexibility index (Phi) is 28.2. The zero-order valence-corrected chi connectivity index (χ0v) is 40.2. The molecule has 330 valence electrons. The Labute approximate surface area is 360 Å². The van der Waals surface area contributed by atoms with Crippen molar-refractivity contribution in [2.75, 3.05) is 0 Å². The first-order chi connectivity index (χ1) is 26.9. The average Bonchev–Trinajstić information content (AvgIpc) is 3.19. The number of aryl methyl sites for hydroxylation is 6. The van der Waals surface area contributed by atoms with Crippen molar-refractivity contribution in [2.45, 2.75) is 200 Å². The Bertz CT molecular complexity index is 1170. The second-order valence-corrected chi connectivity index (χ2v) is 20.0. The highest BCUT2D eigenvalue weighted by Gasteiger charge is 2.15. The van der Waals surface area contributed by atoms with E-state index in [9.17, 15) is 4.39 Å². The molecule has 3 aromatic carbocycles. The van der Waals surface area contributed by atoms with Crippen LogP contribution in [0.1, 0.15) is 196 Å². The van der Waals surface area contributed by atoms with Gasteiger partial charge in [-0.1, -0.05) is 241 Å². The maximum atomic E-state index is 12.6. The van der Waals surface area contributed by atoms with Crippen molar-refractivity contribution < 1.29 is 8.67 Å². The van der Waals surface area contributed by atoms with E-state index in [-0.39, 0.29) is 10.1 Å². The summed E-state index contributed by atoms with van der Waals surface area (Å²) in [6, 6.07) is 22.2. The van der Waals surface area contributed by atoms with E-state index in [4.69, 9.17) is 0 Å². The Morgan fingerprint density at radius 1 is 0.316 bits per heavy atom. The highest BCUT2D eigenvalue weighted by Crippen LogP contribution is 2.29. The van der Waals surface area contributed by atoms with Crippen molar-refractivity contribution in [1.29, 1.82) is 0 Å². The fourth-order valence-electron chi connectivity index (χ4n) is 7.68. The maximum absolute atomic E-state index is 12.6. The van der Waals surface area contributed by atoms with Crippen LogP contribution in [0.25, 0.3) is 0 Å². The van der Waals surface area contributed by atoms with Gasteiger partial charge in [-0.3, -0.25) is 0 Å². The molecule has 4 saturated carbocycles. The van der Waals surface area contributed by atoms with Crippen LogP contribution in [-0.4, -0.2) is 0 Å². The molecule has 0 unspecified atom stereocenters. The molecule has 3 aromatic rings. The molecule has 0 spiro atoms. The zero-order valence-electron chi connectivity index (χ0n) is 40.2. The molecule has 57 heavy (non-hydrogen) atoms. The standard InChI is InChI=1S/C8H9F.4C8H16.2C8H10.3H2/c1-6-3-4-7(2)8(9)5-6;6*1-7-3-5-8(2)6-4-7;;;/h3-5H,1-2H3;4*7-8H,3-6H2,1-2H3;2*3-6H,1-2H3;3*1H/i;;;;;;;1+1;;. The summed E-state index contributed by atoms with van der Waals surface area (Å²) in [6.07, 6.45) is 23.6. The third-order valence-corrected chi connectivity index (χ3v) is 13.0. The second kappa shape index (κ2) is 30.6. The van der Waals surface area contributed by atoms with E-state index in [0.717, 1.165) is 52.9 Å². The van der Waals surface area contributed by atoms with Crippen LogP contribution in [0.5, 0.6) is 0 Å². The predicted molar refractivity (Wildman–Crippen MR) is 261 cm³/mol. The van der Waals surface area contributed by atoms with Crippen molar-refractivity contribution in [2.24, 2.45) is 47.3 Å². The molecule has 4 fully saturated rings. The number of benzene rings is 3. The topological polar surface area (TPSA) is 0 Å². The predicted octanol–water partition coefficient (Wildman–Crippen LogP) is 19.1. The third kappa shape index (κ3) is 28.6. The van der Waals surface area contributed by atoms with Gasteiger partial charge in [-0.05, 0) is 106 Å². The molecule has 0 N–H and O–H groups in total. The van der Waals surface area contributed by atoms with Crippen molar-refractivity contribution in [3.05, 3.63) is 106 Å². The van der Waals surface area contributed by atoms with Crippen molar-refractivity contribution >= 4 is 0 Å². The average molecular weight is 792 g/mol. The minimum atomic E-state index is -0.116. The summed E-state index contributed by atoms with van der Waals surface area (Å²) in [6.45, 7) is 31.0. The number of rotatable bonds is 0. The summed E-state index contributed by atoms with van der Waals surface area (Å²) in [7, 11) is 0. The van der Waals surface area contributed by atoms with Crippen LogP contribution in [-0.2, 0) is 0 Å². The summed E-state index contributed by atoms with van der Waals surface area (Å²) in [4.78, 5) is 0. The van der Waals surface area contributed by atoms with Crippen molar-refractivity contribution in [3.8, 4) is 0 Å². The molecule has 0 aliphatic heterocycles. The minimum Gasteiger partial charge on any atom is -0.207 e. The molecular formula is C56H99F. The maximum Gasteiger partial charge on any atom is 0.126 e. The normalized spacial score (nSPS) is 26.4. The summed E-state index contributed by atoms with van der Waals surface area (Å²) in [5.41, 5.74) is 7.00. The van der Waals surface area contributed by atoms with Gasteiger partial charge in [0, 0.05) is 4.28 Å². The van der Waals surface area contributed by atoms with Crippen LogP contribution >= 0.6 is 0 Å². The summed E-state index contributed by atoms with van der Waals surface area (Å²) in [5, 5.41) is 0. The van der Waals surface area contributed by atoms with Crippen molar-refractivity contribution in [1.82, 2.24) is 0 Å². The Hall–Kier alpha value is -2.41. The van der Waals surface area contributed by atoms with E-state index in [0.29, 0.717) is 5.56 Å². The van der Waals surface area contributed by atoms with Crippen LogP contribution in [0.2, 0.25) is 0 Å². The Balaban J connectivity index is -0.000000627. The highest BCUT2D eigenvalue weighted by atomic mass is 19.1. The van der Waals surface area contributed by atoms with Gasteiger partial charge in [0.05, 0.1) is 0 Å². The molecule has 0 aromatic heterocycles. The lowest BCUT2D eigenvalue weighted by atomic mass is 9.84.